The predicted octanol–water partition coefficient (Wildman–Crippen LogP) is 3.65. The van der Waals surface area contributed by atoms with Gasteiger partial charge in [-0.15, -0.1) is 0 Å². The highest BCUT2D eigenvalue weighted by molar-refractivity contribution is 5.87. The molecule has 0 aromatic carbocycles. The Labute approximate surface area is 165 Å². The van der Waals surface area contributed by atoms with E-state index in [2.05, 4.69) is 45.7 Å². The second-order valence-electron chi connectivity index (χ2n) is 8.02. The van der Waals surface area contributed by atoms with E-state index < -0.39 is 11.7 Å². The number of pyridine rings is 1. The predicted molar refractivity (Wildman–Crippen MR) is 101 cm³/mol. The monoisotopic (exact) mass is 406 g/mol. The molecule has 3 aromatic rings. The number of fused-ring (bicyclic) bond motifs is 1. The van der Waals surface area contributed by atoms with Gasteiger partial charge in [0.1, 0.15) is 18.2 Å². The van der Waals surface area contributed by atoms with Crippen LogP contribution >= 0.6 is 0 Å². The molecule has 0 spiro atoms. The van der Waals surface area contributed by atoms with Gasteiger partial charge in [-0.05, 0) is 26.8 Å². The third kappa shape index (κ3) is 3.83. The third-order valence-electron chi connectivity index (χ3n) is 4.78. The second kappa shape index (κ2) is 6.85. The zero-order valence-corrected chi connectivity index (χ0v) is 16.3. The molecule has 0 aliphatic carbocycles. The third-order valence-corrected chi connectivity index (χ3v) is 4.78. The highest BCUT2D eigenvalue weighted by Gasteiger charge is 2.32. The van der Waals surface area contributed by atoms with Crippen molar-refractivity contribution < 1.29 is 17.9 Å². The van der Waals surface area contributed by atoms with Crippen molar-refractivity contribution in [3.05, 3.63) is 36.4 Å². The van der Waals surface area contributed by atoms with Crippen LogP contribution in [0.25, 0.3) is 11.0 Å². The fourth-order valence-electron chi connectivity index (χ4n) is 3.38. The molecule has 0 amide bonds. The molecule has 1 aliphatic heterocycles. The van der Waals surface area contributed by atoms with Gasteiger partial charge in [0.2, 0.25) is 5.88 Å². The second-order valence-corrected chi connectivity index (χ2v) is 8.02. The lowest BCUT2D eigenvalue weighted by Crippen LogP contribution is -2.26. The number of rotatable bonds is 3. The van der Waals surface area contributed by atoms with E-state index in [1.165, 1.54) is 12.4 Å². The topological polar surface area (TPSA) is 69.0 Å². The molecule has 10 heteroatoms. The van der Waals surface area contributed by atoms with Crippen molar-refractivity contribution in [3.63, 3.8) is 0 Å². The number of hydrogen-bond acceptors (Lipinski definition) is 6. The van der Waals surface area contributed by atoms with E-state index in [0.717, 1.165) is 29.1 Å². The van der Waals surface area contributed by atoms with Crippen molar-refractivity contribution in [2.75, 3.05) is 18.0 Å². The van der Waals surface area contributed by atoms with Gasteiger partial charge >= 0.3 is 6.18 Å². The Morgan fingerprint density at radius 1 is 1.07 bits per heavy atom. The number of halogens is 3. The molecule has 1 unspecified atom stereocenters. The molecule has 0 bridgehead atoms. The summed E-state index contributed by atoms with van der Waals surface area (Å²) in [5.74, 6) is 0.954. The molecule has 4 rings (SSSR count). The largest absolute Gasteiger partial charge is 0.472 e. The average Bonchev–Trinajstić information content (AvgIpc) is 3.27. The van der Waals surface area contributed by atoms with Gasteiger partial charge in [-0.2, -0.15) is 18.3 Å². The zero-order valence-electron chi connectivity index (χ0n) is 16.3. The minimum atomic E-state index is -4.41. The van der Waals surface area contributed by atoms with E-state index in [1.807, 2.05) is 4.68 Å². The first-order chi connectivity index (χ1) is 13.6. The average molecular weight is 406 g/mol. The van der Waals surface area contributed by atoms with Crippen molar-refractivity contribution in [3.8, 4) is 5.88 Å². The quantitative estimate of drug-likeness (QED) is 0.661. The van der Waals surface area contributed by atoms with E-state index in [1.54, 1.807) is 6.20 Å². The van der Waals surface area contributed by atoms with E-state index in [-0.39, 0.29) is 17.5 Å². The van der Waals surface area contributed by atoms with Crippen molar-refractivity contribution in [2.45, 2.75) is 45.0 Å². The van der Waals surface area contributed by atoms with Crippen LogP contribution in [0.5, 0.6) is 5.88 Å². The fraction of sp³-hybridized carbons (Fsp3) is 0.474. The Balaban J connectivity index is 1.50. The Hall–Kier alpha value is -2.91. The number of anilines is 1. The Morgan fingerprint density at radius 2 is 1.86 bits per heavy atom. The maximum absolute atomic E-state index is 12.7. The van der Waals surface area contributed by atoms with Crippen molar-refractivity contribution in [1.29, 1.82) is 0 Å². The number of alkyl halides is 3. The summed E-state index contributed by atoms with van der Waals surface area (Å²) in [6.45, 7) is 7.42. The van der Waals surface area contributed by atoms with Crippen LogP contribution in [0.1, 0.15) is 32.8 Å². The lowest BCUT2D eigenvalue weighted by molar-refractivity contribution is -0.137. The number of ether oxygens (including phenoxy) is 1. The Morgan fingerprint density at radius 3 is 2.52 bits per heavy atom. The van der Waals surface area contributed by atoms with Gasteiger partial charge in [0.15, 0.2) is 5.65 Å². The van der Waals surface area contributed by atoms with Gasteiger partial charge in [0, 0.05) is 25.2 Å². The number of hydrogen-bond donors (Lipinski definition) is 0. The van der Waals surface area contributed by atoms with E-state index in [4.69, 9.17) is 4.74 Å². The molecule has 1 fully saturated rings. The van der Waals surface area contributed by atoms with Crippen molar-refractivity contribution in [2.24, 2.45) is 0 Å². The van der Waals surface area contributed by atoms with Crippen molar-refractivity contribution in [1.82, 2.24) is 24.7 Å². The maximum atomic E-state index is 12.7. The van der Waals surface area contributed by atoms with Gasteiger partial charge in [-0.3, -0.25) is 0 Å². The SMILES string of the molecule is CC(C)(C)n1ncc2c(N3CCC(Oc4ccc(C(F)(F)F)cn4)C3)ncnc21. The van der Waals surface area contributed by atoms with Gasteiger partial charge in [-0.25, -0.2) is 19.6 Å². The molecule has 154 valence electrons. The molecule has 29 heavy (non-hydrogen) atoms. The summed E-state index contributed by atoms with van der Waals surface area (Å²) in [6, 6.07) is 2.23. The number of nitrogens with zero attached hydrogens (tertiary/aromatic N) is 6. The minimum absolute atomic E-state index is 0.179. The zero-order chi connectivity index (χ0) is 20.8. The van der Waals surface area contributed by atoms with Gasteiger partial charge in [0.05, 0.1) is 29.2 Å². The molecule has 1 saturated heterocycles. The molecule has 1 aliphatic rings. The molecule has 7 nitrogen and oxygen atoms in total. The normalized spacial score (nSPS) is 17.9. The Kier molecular flexibility index (Phi) is 4.59. The molecular formula is C19H21F3N6O. The van der Waals surface area contributed by atoms with Crippen LogP contribution < -0.4 is 9.64 Å². The lowest BCUT2D eigenvalue weighted by Gasteiger charge is -2.21. The molecule has 0 N–H and O–H groups in total. The molecule has 4 heterocycles. The first-order valence-electron chi connectivity index (χ1n) is 9.27. The van der Waals surface area contributed by atoms with E-state index in [9.17, 15) is 13.2 Å². The standard InChI is InChI=1S/C19H21F3N6O/c1-18(2,3)28-17-14(9-26-28)16(24-11-25-17)27-7-6-13(10-27)29-15-5-4-12(8-23-15)19(20,21)22/h4-5,8-9,11,13H,6-7,10H2,1-3H3. The van der Waals surface area contributed by atoms with Crippen LogP contribution in [-0.4, -0.2) is 43.9 Å². The van der Waals surface area contributed by atoms with Crippen LogP contribution in [0.4, 0.5) is 19.0 Å². The van der Waals surface area contributed by atoms with Crippen molar-refractivity contribution >= 4 is 16.9 Å². The highest BCUT2D eigenvalue weighted by Crippen LogP contribution is 2.31. The van der Waals surface area contributed by atoms with E-state index in [0.29, 0.717) is 19.5 Å². The first-order valence-corrected chi connectivity index (χ1v) is 9.27. The summed E-state index contributed by atoms with van der Waals surface area (Å²) in [4.78, 5) is 14.7. The summed E-state index contributed by atoms with van der Waals surface area (Å²) in [7, 11) is 0. The smallest absolute Gasteiger partial charge is 0.417 e. The molecule has 0 saturated carbocycles. The first kappa shape index (κ1) is 19.4. The highest BCUT2D eigenvalue weighted by atomic mass is 19.4. The van der Waals surface area contributed by atoms with Crippen LogP contribution in [0.3, 0.4) is 0 Å². The molecule has 1 atom stereocenters. The van der Waals surface area contributed by atoms with Crippen LogP contribution in [0, 0.1) is 0 Å². The van der Waals surface area contributed by atoms with Gasteiger partial charge in [-0.1, -0.05) is 0 Å². The summed E-state index contributed by atoms with van der Waals surface area (Å²) in [5, 5.41) is 5.32. The van der Waals surface area contributed by atoms with E-state index >= 15 is 0 Å². The van der Waals surface area contributed by atoms with Gasteiger partial charge in [0.25, 0.3) is 0 Å². The van der Waals surface area contributed by atoms with Crippen LogP contribution in [0.2, 0.25) is 0 Å². The minimum Gasteiger partial charge on any atom is -0.472 e. The fourth-order valence-corrected chi connectivity index (χ4v) is 3.38. The summed E-state index contributed by atoms with van der Waals surface area (Å²) in [6.07, 6.45) is 0.181. The number of aromatic nitrogens is 5. The maximum Gasteiger partial charge on any atom is 0.417 e. The molecule has 3 aromatic heterocycles. The summed E-state index contributed by atoms with van der Waals surface area (Å²) >= 11 is 0. The molecule has 0 radical (unpaired) electrons. The summed E-state index contributed by atoms with van der Waals surface area (Å²) < 4.78 is 45.6. The van der Waals surface area contributed by atoms with Crippen LogP contribution in [-0.2, 0) is 11.7 Å². The lowest BCUT2D eigenvalue weighted by atomic mass is 10.1. The molecular weight excluding hydrogens is 385 g/mol. The summed E-state index contributed by atoms with van der Waals surface area (Å²) in [5.41, 5.74) is -0.244. The van der Waals surface area contributed by atoms with Crippen LogP contribution in [0.15, 0.2) is 30.9 Å². The van der Waals surface area contributed by atoms with Gasteiger partial charge < -0.3 is 9.64 Å². The Bertz CT molecular complexity index is 1010.